The highest BCUT2D eigenvalue weighted by Gasteiger charge is 2.21. The van der Waals surface area contributed by atoms with Gasteiger partial charge in [-0.05, 0) is 56.2 Å². The Hall–Kier alpha value is -4.26. The van der Waals surface area contributed by atoms with Gasteiger partial charge in [-0.1, -0.05) is 30.3 Å². The lowest BCUT2D eigenvalue weighted by atomic mass is 10.0. The Bertz CT molecular complexity index is 1460. The Balaban J connectivity index is 1.74. The number of aryl methyl sites for hydroxylation is 2. The Morgan fingerprint density at radius 2 is 1.88 bits per heavy atom. The molecule has 1 aromatic carbocycles. The lowest BCUT2D eigenvalue weighted by molar-refractivity contribution is 0.0697. The third-order valence-corrected chi connectivity index (χ3v) is 6.19. The average molecular weight is 453 g/mol. The highest BCUT2D eigenvalue weighted by molar-refractivity contribution is 5.96. The molecule has 0 aliphatic heterocycles. The van der Waals surface area contributed by atoms with E-state index in [2.05, 4.69) is 33.9 Å². The van der Waals surface area contributed by atoms with Crippen molar-refractivity contribution in [3.63, 3.8) is 0 Å². The fraction of sp³-hybridized carbons (Fsp3) is 0.185. The fourth-order valence-electron chi connectivity index (χ4n) is 4.54. The molecule has 0 amide bonds. The average Bonchev–Trinajstić information content (AvgIpc) is 3.39. The predicted molar refractivity (Wildman–Crippen MR) is 130 cm³/mol. The van der Waals surface area contributed by atoms with Crippen LogP contribution in [0.5, 0.6) is 0 Å². The molecule has 1 N–H and O–H groups in total. The third kappa shape index (κ3) is 3.65. The standard InChI is InChI=1S/C27H24N4O3/c1-4-23(22-7-5-6-12-28-22)31-15-21(18-8-10-19(11-9-18)27(32)33)26-24(31)13-20(14-29-26)25-16(2)30-34-17(25)3/h5-15,23H,4H2,1-3H3,(H,32,33)/t23-/m1/s1. The summed E-state index contributed by atoms with van der Waals surface area (Å²) >= 11 is 0. The van der Waals surface area contributed by atoms with E-state index in [1.165, 1.54) is 0 Å². The van der Waals surface area contributed by atoms with Gasteiger partial charge in [0.05, 0.1) is 34.0 Å². The van der Waals surface area contributed by atoms with Gasteiger partial charge in [-0.2, -0.15) is 0 Å². The largest absolute Gasteiger partial charge is 0.478 e. The summed E-state index contributed by atoms with van der Waals surface area (Å²) in [6.45, 7) is 5.96. The first-order chi connectivity index (χ1) is 16.5. The molecule has 0 saturated carbocycles. The van der Waals surface area contributed by atoms with Gasteiger partial charge < -0.3 is 14.2 Å². The Morgan fingerprint density at radius 1 is 1.09 bits per heavy atom. The van der Waals surface area contributed by atoms with Crippen LogP contribution >= 0.6 is 0 Å². The number of benzene rings is 1. The Kier molecular flexibility index (Phi) is 5.45. The highest BCUT2D eigenvalue weighted by Crippen LogP contribution is 2.37. The van der Waals surface area contributed by atoms with Gasteiger partial charge in [-0.3, -0.25) is 9.97 Å². The van der Waals surface area contributed by atoms with Crippen molar-refractivity contribution in [3.05, 3.63) is 89.8 Å². The minimum atomic E-state index is -0.947. The van der Waals surface area contributed by atoms with Gasteiger partial charge in [-0.25, -0.2) is 4.79 Å². The van der Waals surface area contributed by atoms with Gasteiger partial charge in [0.2, 0.25) is 0 Å². The first kappa shape index (κ1) is 21.6. The van der Waals surface area contributed by atoms with Crippen molar-refractivity contribution in [1.82, 2.24) is 19.7 Å². The van der Waals surface area contributed by atoms with E-state index in [0.717, 1.165) is 56.9 Å². The van der Waals surface area contributed by atoms with E-state index in [1.54, 1.807) is 12.1 Å². The molecular formula is C27H24N4O3. The van der Waals surface area contributed by atoms with Gasteiger partial charge >= 0.3 is 5.97 Å². The number of hydrogen-bond acceptors (Lipinski definition) is 5. The molecule has 4 aromatic heterocycles. The number of carboxylic acids is 1. The van der Waals surface area contributed by atoms with Crippen LogP contribution in [0.3, 0.4) is 0 Å². The molecule has 1 atom stereocenters. The summed E-state index contributed by atoms with van der Waals surface area (Å²) < 4.78 is 7.61. The zero-order valence-corrected chi connectivity index (χ0v) is 19.2. The topological polar surface area (TPSA) is 94.0 Å². The Labute approximate surface area is 196 Å². The molecular weight excluding hydrogens is 428 g/mol. The lowest BCUT2D eigenvalue weighted by Gasteiger charge is -2.18. The molecule has 0 unspecified atom stereocenters. The second-order valence-electron chi connectivity index (χ2n) is 8.30. The molecule has 0 spiro atoms. The zero-order chi connectivity index (χ0) is 23.8. The van der Waals surface area contributed by atoms with Crippen LogP contribution in [-0.4, -0.2) is 30.8 Å². The molecule has 4 heterocycles. The molecule has 34 heavy (non-hydrogen) atoms. The van der Waals surface area contributed by atoms with Crippen molar-refractivity contribution in [1.29, 1.82) is 0 Å². The third-order valence-electron chi connectivity index (χ3n) is 6.19. The number of fused-ring (bicyclic) bond motifs is 1. The zero-order valence-electron chi connectivity index (χ0n) is 19.2. The highest BCUT2D eigenvalue weighted by atomic mass is 16.5. The van der Waals surface area contributed by atoms with Crippen LogP contribution in [0.15, 0.2) is 71.6 Å². The van der Waals surface area contributed by atoms with E-state index >= 15 is 0 Å². The van der Waals surface area contributed by atoms with Crippen LogP contribution < -0.4 is 0 Å². The number of hydrogen-bond donors (Lipinski definition) is 1. The lowest BCUT2D eigenvalue weighted by Crippen LogP contribution is -2.10. The van der Waals surface area contributed by atoms with E-state index in [4.69, 9.17) is 9.51 Å². The first-order valence-electron chi connectivity index (χ1n) is 11.2. The molecule has 0 saturated heterocycles. The number of carbonyl (C=O) groups is 1. The minimum absolute atomic E-state index is 0.0115. The van der Waals surface area contributed by atoms with E-state index in [9.17, 15) is 9.90 Å². The van der Waals surface area contributed by atoms with Gasteiger partial charge in [0.1, 0.15) is 5.76 Å². The van der Waals surface area contributed by atoms with Crippen LogP contribution in [0.1, 0.15) is 46.9 Å². The molecule has 0 aliphatic carbocycles. The number of aromatic carboxylic acids is 1. The molecule has 0 fully saturated rings. The molecule has 0 bridgehead atoms. The van der Waals surface area contributed by atoms with E-state index in [-0.39, 0.29) is 11.6 Å². The fourth-order valence-corrected chi connectivity index (χ4v) is 4.54. The van der Waals surface area contributed by atoms with Crippen molar-refractivity contribution >= 4 is 17.0 Å². The molecule has 0 radical (unpaired) electrons. The maximum Gasteiger partial charge on any atom is 0.335 e. The molecule has 5 aromatic rings. The van der Waals surface area contributed by atoms with Crippen molar-refractivity contribution in [3.8, 4) is 22.3 Å². The maximum absolute atomic E-state index is 11.3. The number of rotatable bonds is 6. The molecule has 0 aliphatic rings. The second-order valence-corrected chi connectivity index (χ2v) is 8.30. The normalized spacial score (nSPS) is 12.2. The van der Waals surface area contributed by atoms with E-state index < -0.39 is 5.97 Å². The van der Waals surface area contributed by atoms with Gasteiger partial charge in [-0.15, -0.1) is 0 Å². The molecule has 7 nitrogen and oxygen atoms in total. The number of nitrogens with zero attached hydrogens (tertiary/aromatic N) is 4. The quantitative estimate of drug-likeness (QED) is 0.336. The van der Waals surface area contributed by atoms with Crippen LogP contribution in [0.4, 0.5) is 0 Å². The molecule has 7 heteroatoms. The van der Waals surface area contributed by atoms with Crippen molar-refractivity contribution < 1.29 is 14.4 Å². The summed E-state index contributed by atoms with van der Waals surface area (Å²) in [6.07, 6.45) is 6.58. The number of pyridine rings is 2. The van der Waals surface area contributed by atoms with Crippen molar-refractivity contribution in [2.45, 2.75) is 33.2 Å². The predicted octanol–water partition coefficient (Wildman–Crippen LogP) is 6.07. The Morgan fingerprint density at radius 3 is 2.50 bits per heavy atom. The monoisotopic (exact) mass is 452 g/mol. The van der Waals surface area contributed by atoms with Gasteiger partial charge in [0.15, 0.2) is 0 Å². The number of carboxylic acid groups (broad SMARTS) is 1. The summed E-state index contributed by atoms with van der Waals surface area (Å²) in [4.78, 5) is 20.8. The summed E-state index contributed by atoms with van der Waals surface area (Å²) in [5.74, 6) is -0.199. The first-order valence-corrected chi connectivity index (χ1v) is 11.2. The second kappa shape index (κ2) is 8.59. The van der Waals surface area contributed by atoms with Gasteiger partial charge in [0.25, 0.3) is 0 Å². The molecule has 5 rings (SSSR count). The van der Waals surface area contributed by atoms with Crippen LogP contribution in [-0.2, 0) is 0 Å². The smallest absolute Gasteiger partial charge is 0.335 e. The summed E-state index contributed by atoms with van der Waals surface area (Å²) in [5, 5.41) is 13.4. The van der Waals surface area contributed by atoms with Gasteiger partial charge in [0, 0.05) is 35.3 Å². The summed E-state index contributed by atoms with van der Waals surface area (Å²) in [7, 11) is 0. The number of aromatic nitrogens is 4. The van der Waals surface area contributed by atoms with E-state index in [1.807, 2.05) is 56.6 Å². The SMILES string of the molecule is CC[C@H](c1ccccn1)n1cc(-c2ccc(C(=O)O)cc2)c2ncc(-c3c(C)noc3C)cc21. The van der Waals surface area contributed by atoms with Crippen LogP contribution in [0, 0.1) is 13.8 Å². The minimum Gasteiger partial charge on any atom is -0.478 e. The summed E-state index contributed by atoms with van der Waals surface area (Å²) in [6, 6.07) is 15.0. The van der Waals surface area contributed by atoms with Crippen molar-refractivity contribution in [2.75, 3.05) is 0 Å². The van der Waals surface area contributed by atoms with E-state index in [0.29, 0.717) is 0 Å². The van der Waals surface area contributed by atoms with Crippen molar-refractivity contribution in [2.24, 2.45) is 0 Å². The molecule has 170 valence electrons. The maximum atomic E-state index is 11.3. The van der Waals surface area contributed by atoms with Crippen LogP contribution in [0.2, 0.25) is 0 Å². The van der Waals surface area contributed by atoms with Crippen LogP contribution in [0.25, 0.3) is 33.3 Å². The summed E-state index contributed by atoms with van der Waals surface area (Å²) in [5.41, 5.74) is 7.57.